The van der Waals surface area contributed by atoms with Gasteiger partial charge in [-0.05, 0) is 11.1 Å². The van der Waals surface area contributed by atoms with Crippen LogP contribution < -0.4 is 0 Å². The van der Waals surface area contributed by atoms with Crippen LogP contribution in [0.4, 0.5) is 0 Å². The monoisotopic (exact) mass is 134 g/mol. The Morgan fingerprint density at radius 3 is 1.70 bits per heavy atom. The Morgan fingerprint density at radius 2 is 1.50 bits per heavy atom. The van der Waals surface area contributed by atoms with Crippen LogP contribution in [0.3, 0.4) is 0 Å². The second-order valence-corrected chi connectivity index (χ2v) is 2.98. The van der Waals surface area contributed by atoms with E-state index in [-0.39, 0.29) is 17.9 Å². The van der Waals surface area contributed by atoms with Crippen molar-refractivity contribution in [2.75, 3.05) is 0 Å². The lowest BCUT2D eigenvalue weighted by molar-refractivity contribution is 0.147. The van der Waals surface area contributed by atoms with Gasteiger partial charge in [-0.2, -0.15) is 0 Å². The van der Waals surface area contributed by atoms with Crippen LogP contribution in [0.1, 0.15) is 0 Å². The highest BCUT2D eigenvalue weighted by molar-refractivity contribution is 5.47. The third-order valence-electron chi connectivity index (χ3n) is 2.48. The maximum atomic E-state index is 9.49. The smallest absolute Gasteiger partial charge is 0.0746 e. The Hall–Kier alpha value is -0.820. The van der Waals surface area contributed by atoms with Gasteiger partial charge < -0.3 is 5.11 Å². The zero-order valence-corrected chi connectivity index (χ0v) is 5.75. The number of hydrogen-bond acceptors (Lipinski definition) is 1. The fourth-order valence-corrected chi connectivity index (χ4v) is 1.76. The molecule has 1 unspecified atom stereocenters. The standard InChI is InChI=1S/C9H10O/c1-5-6(2)8-4-3-7(5)9(8)10/h3-4,7-10H,1-2H2/t7-,8+,9?. The molecule has 2 rings (SSSR count). The normalized spacial score (nSPS) is 43.5. The molecular weight excluding hydrogens is 124 g/mol. The minimum atomic E-state index is -0.264. The molecule has 0 heterocycles. The molecule has 0 amide bonds. The number of fused-ring (bicyclic) bond motifs is 2. The van der Waals surface area contributed by atoms with Crippen molar-refractivity contribution in [3.05, 3.63) is 36.5 Å². The van der Waals surface area contributed by atoms with Gasteiger partial charge in [-0.1, -0.05) is 25.3 Å². The molecule has 0 aromatic rings. The summed E-state index contributed by atoms with van der Waals surface area (Å²) < 4.78 is 0. The number of aliphatic hydroxyl groups is 1. The molecule has 0 aromatic carbocycles. The molecule has 0 saturated heterocycles. The molecule has 10 heavy (non-hydrogen) atoms. The van der Waals surface area contributed by atoms with E-state index in [2.05, 4.69) is 13.2 Å². The van der Waals surface area contributed by atoms with Crippen LogP contribution in [-0.2, 0) is 0 Å². The molecule has 2 bridgehead atoms. The lowest BCUT2D eigenvalue weighted by Crippen LogP contribution is -2.12. The summed E-state index contributed by atoms with van der Waals surface area (Å²) in [7, 11) is 0. The molecule has 0 aliphatic heterocycles. The fourth-order valence-electron chi connectivity index (χ4n) is 1.76. The van der Waals surface area contributed by atoms with Gasteiger partial charge in [-0.25, -0.2) is 0 Å². The highest BCUT2D eigenvalue weighted by atomic mass is 16.3. The molecule has 0 aromatic heterocycles. The summed E-state index contributed by atoms with van der Waals surface area (Å²) in [6.45, 7) is 7.72. The third kappa shape index (κ3) is 0.469. The second-order valence-electron chi connectivity index (χ2n) is 2.98. The summed E-state index contributed by atoms with van der Waals surface area (Å²) in [6, 6.07) is 0. The third-order valence-corrected chi connectivity index (χ3v) is 2.48. The van der Waals surface area contributed by atoms with E-state index in [4.69, 9.17) is 0 Å². The van der Waals surface area contributed by atoms with Crippen LogP contribution in [0.15, 0.2) is 36.5 Å². The first-order chi connectivity index (χ1) is 4.72. The van der Waals surface area contributed by atoms with Crippen LogP contribution in [0.25, 0.3) is 0 Å². The van der Waals surface area contributed by atoms with E-state index in [1.807, 2.05) is 12.2 Å². The molecular formula is C9H10O. The SMILES string of the molecule is C=C1C(=C)[C@@H]2C=C[C@H]1C2O. The summed E-state index contributed by atoms with van der Waals surface area (Å²) >= 11 is 0. The van der Waals surface area contributed by atoms with E-state index >= 15 is 0 Å². The summed E-state index contributed by atoms with van der Waals surface area (Å²) in [6.07, 6.45) is 3.78. The predicted molar refractivity (Wildman–Crippen MR) is 40.4 cm³/mol. The predicted octanol–water partition coefficient (Wildman–Crippen LogP) is 1.28. The van der Waals surface area contributed by atoms with Gasteiger partial charge in [0, 0.05) is 11.8 Å². The zero-order valence-electron chi connectivity index (χ0n) is 5.75. The fraction of sp³-hybridized carbons (Fsp3) is 0.333. The average molecular weight is 134 g/mol. The minimum absolute atomic E-state index is 0.164. The molecule has 2 aliphatic rings. The highest BCUT2D eigenvalue weighted by Gasteiger charge is 2.41. The maximum absolute atomic E-state index is 9.49. The number of rotatable bonds is 0. The highest BCUT2D eigenvalue weighted by Crippen LogP contribution is 2.45. The van der Waals surface area contributed by atoms with Crippen molar-refractivity contribution in [2.45, 2.75) is 6.10 Å². The van der Waals surface area contributed by atoms with Crippen molar-refractivity contribution in [1.29, 1.82) is 0 Å². The van der Waals surface area contributed by atoms with Crippen molar-refractivity contribution in [2.24, 2.45) is 11.8 Å². The second kappa shape index (κ2) is 1.61. The van der Waals surface area contributed by atoms with Gasteiger partial charge >= 0.3 is 0 Å². The first kappa shape index (κ1) is 5.93. The van der Waals surface area contributed by atoms with Gasteiger partial charge in [0.25, 0.3) is 0 Å². The summed E-state index contributed by atoms with van der Waals surface area (Å²) in [5, 5.41) is 9.49. The largest absolute Gasteiger partial charge is 0.391 e. The van der Waals surface area contributed by atoms with E-state index in [1.165, 1.54) is 0 Å². The Labute approximate surface area is 60.4 Å². The average Bonchev–Trinajstić information content (AvgIpc) is 2.34. The van der Waals surface area contributed by atoms with Crippen molar-refractivity contribution in [3.8, 4) is 0 Å². The topological polar surface area (TPSA) is 20.2 Å². The van der Waals surface area contributed by atoms with Gasteiger partial charge in [0.2, 0.25) is 0 Å². The van der Waals surface area contributed by atoms with Gasteiger partial charge in [-0.3, -0.25) is 0 Å². The van der Waals surface area contributed by atoms with Crippen LogP contribution in [0.5, 0.6) is 0 Å². The molecule has 52 valence electrons. The van der Waals surface area contributed by atoms with Crippen LogP contribution >= 0.6 is 0 Å². The first-order valence-electron chi connectivity index (χ1n) is 3.46. The summed E-state index contributed by atoms with van der Waals surface area (Å²) in [4.78, 5) is 0. The zero-order chi connectivity index (χ0) is 7.30. The van der Waals surface area contributed by atoms with Crippen molar-refractivity contribution in [3.63, 3.8) is 0 Å². The lowest BCUT2D eigenvalue weighted by atomic mass is 9.98. The van der Waals surface area contributed by atoms with Gasteiger partial charge in [-0.15, -0.1) is 0 Å². The first-order valence-corrected chi connectivity index (χ1v) is 3.46. The Morgan fingerprint density at radius 1 is 1.10 bits per heavy atom. The molecule has 0 spiro atoms. The van der Waals surface area contributed by atoms with Gasteiger partial charge in [0.05, 0.1) is 6.10 Å². The Kier molecular flexibility index (Phi) is 0.955. The molecule has 1 nitrogen and oxygen atoms in total. The van der Waals surface area contributed by atoms with E-state index in [0.717, 1.165) is 11.1 Å². The van der Waals surface area contributed by atoms with Crippen molar-refractivity contribution >= 4 is 0 Å². The van der Waals surface area contributed by atoms with Crippen molar-refractivity contribution < 1.29 is 5.11 Å². The van der Waals surface area contributed by atoms with Crippen LogP contribution in [0.2, 0.25) is 0 Å². The van der Waals surface area contributed by atoms with Gasteiger partial charge in [0.1, 0.15) is 0 Å². The number of aliphatic hydroxyl groups excluding tert-OH is 1. The van der Waals surface area contributed by atoms with Gasteiger partial charge in [0.15, 0.2) is 0 Å². The summed E-state index contributed by atoms with van der Waals surface area (Å²) in [5.74, 6) is 0.329. The molecule has 2 aliphatic carbocycles. The molecule has 3 atom stereocenters. The molecule has 1 saturated carbocycles. The molecule has 0 radical (unpaired) electrons. The maximum Gasteiger partial charge on any atom is 0.0746 e. The Bertz CT molecular complexity index is 213. The van der Waals surface area contributed by atoms with E-state index < -0.39 is 0 Å². The van der Waals surface area contributed by atoms with Crippen LogP contribution in [-0.4, -0.2) is 11.2 Å². The minimum Gasteiger partial charge on any atom is -0.391 e. The van der Waals surface area contributed by atoms with E-state index in [0.29, 0.717) is 0 Å². The molecule has 1 heteroatoms. The number of hydrogen-bond donors (Lipinski definition) is 1. The van der Waals surface area contributed by atoms with E-state index in [1.54, 1.807) is 0 Å². The van der Waals surface area contributed by atoms with Crippen molar-refractivity contribution in [1.82, 2.24) is 0 Å². The summed E-state index contributed by atoms with van der Waals surface area (Å²) in [5.41, 5.74) is 2.03. The molecule has 1 N–H and O–H groups in total. The van der Waals surface area contributed by atoms with E-state index in [9.17, 15) is 5.11 Å². The lowest BCUT2D eigenvalue weighted by Gasteiger charge is -2.06. The Balaban J connectivity index is 2.47. The molecule has 1 fully saturated rings. The van der Waals surface area contributed by atoms with Crippen LogP contribution in [0, 0.1) is 11.8 Å². The quantitative estimate of drug-likeness (QED) is 0.495.